The predicted octanol–water partition coefficient (Wildman–Crippen LogP) is 2.32. The summed E-state index contributed by atoms with van der Waals surface area (Å²) in [6.45, 7) is 7.26. The quantitative estimate of drug-likeness (QED) is 0.740. The molecule has 166 valence electrons. The molecule has 0 amide bonds. The van der Waals surface area contributed by atoms with Gasteiger partial charge in [0.2, 0.25) is 0 Å². The lowest BCUT2D eigenvalue weighted by Crippen LogP contribution is -2.47. The fraction of sp³-hybridized carbons (Fsp3) is 0.583. The van der Waals surface area contributed by atoms with Crippen LogP contribution in [0.3, 0.4) is 0 Å². The topological polar surface area (TPSA) is 79.3 Å². The summed E-state index contributed by atoms with van der Waals surface area (Å²) >= 11 is 0. The third-order valence-corrected chi connectivity index (χ3v) is 7.79. The molecule has 1 atom stereocenters. The Bertz CT molecular complexity index is 922. The van der Waals surface area contributed by atoms with Crippen molar-refractivity contribution in [1.29, 1.82) is 0 Å². The van der Waals surface area contributed by atoms with Crippen LogP contribution in [0, 0.1) is 12.3 Å². The molecule has 4 aliphatic rings. The van der Waals surface area contributed by atoms with Gasteiger partial charge in [0, 0.05) is 31.3 Å². The van der Waals surface area contributed by atoms with Gasteiger partial charge in [0.05, 0.1) is 17.4 Å². The van der Waals surface area contributed by atoms with Gasteiger partial charge in [-0.1, -0.05) is 6.07 Å². The van der Waals surface area contributed by atoms with E-state index in [0.717, 1.165) is 74.2 Å². The van der Waals surface area contributed by atoms with Gasteiger partial charge in [0.15, 0.2) is 0 Å². The van der Waals surface area contributed by atoms with Crippen LogP contribution in [-0.4, -0.2) is 66.2 Å². The predicted molar refractivity (Wildman–Crippen MR) is 113 cm³/mol. The Morgan fingerprint density at radius 2 is 1.74 bits per heavy atom. The van der Waals surface area contributed by atoms with Crippen LogP contribution in [0.15, 0.2) is 23.9 Å². The maximum absolute atomic E-state index is 11.8. The molecule has 0 aromatic heterocycles. The van der Waals surface area contributed by atoms with Gasteiger partial charge >= 0.3 is 11.9 Å². The van der Waals surface area contributed by atoms with Crippen molar-refractivity contribution in [3.63, 3.8) is 0 Å². The molecule has 1 aromatic carbocycles. The van der Waals surface area contributed by atoms with E-state index in [4.69, 9.17) is 9.47 Å². The maximum Gasteiger partial charge on any atom is 0.338 e. The minimum Gasteiger partial charge on any atom is -0.457 e. The third-order valence-electron chi connectivity index (χ3n) is 7.79. The number of hydrogen-bond acceptors (Lipinski definition) is 7. The van der Waals surface area contributed by atoms with Gasteiger partial charge in [-0.3, -0.25) is 0 Å². The molecule has 4 heterocycles. The summed E-state index contributed by atoms with van der Waals surface area (Å²) in [6.07, 6.45) is 5.65. The molecule has 7 heteroatoms. The highest BCUT2D eigenvalue weighted by atomic mass is 16.5. The van der Waals surface area contributed by atoms with Crippen LogP contribution >= 0.6 is 0 Å². The highest BCUT2D eigenvalue weighted by Gasteiger charge is 2.39. The lowest BCUT2D eigenvalue weighted by atomic mass is 9.71. The van der Waals surface area contributed by atoms with E-state index in [-0.39, 0.29) is 11.9 Å². The minimum atomic E-state index is -0.566. The standard InChI is InChI=1S/C24H30N2O5/c1-16-18(2-3-19-20(16)15-31-23(19)29)21(27)13-25-8-4-24(5-9-25)6-10-26(11-7-24)17-12-22(28)30-14-17/h2-3,12,21,27H,4-11,13-15H2,1H3/t21-/m1/s1. The number of esters is 2. The zero-order chi connectivity index (χ0) is 21.6. The Balaban J connectivity index is 1.15. The molecule has 0 unspecified atom stereocenters. The van der Waals surface area contributed by atoms with E-state index in [1.54, 1.807) is 12.1 Å². The Hall–Kier alpha value is -2.38. The van der Waals surface area contributed by atoms with Crippen LogP contribution < -0.4 is 0 Å². The molecule has 4 aliphatic heterocycles. The molecule has 2 saturated heterocycles. The van der Waals surface area contributed by atoms with Crippen molar-refractivity contribution in [2.45, 2.75) is 45.3 Å². The number of rotatable bonds is 4. The molecule has 31 heavy (non-hydrogen) atoms. The highest BCUT2D eigenvalue weighted by molar-refractivity contribution is 5.94. The average Bonchev–Trinajstić information content (AvgIpc) is 3.37. The Morgan fingerprint density at radius 3 is 2.42 bits per heavy atom. The molecule has 0 radical (unpaired) electrons. The second-order valence-electron chi connectivity index (χ2n) is 9.43. The van der Waals surface area contributed by atoms with E-state index in [1.807, 2.05) is 13.0 Å². The number of piperidine rings is 2. The number of nitrogens with zero attached hydrogens (tertiary/aromatic N) is 2. The number of carbonyl (C=O) groups excluding carboxylic acids is 2. The van der Waals surface area contributed by atoms with Gasteiger partial charge in [-0.2, -0.15) is 0 Å². The van der Waals surface area contributed by atoms with Gasteiger partial charge in [0.1, 0.15) is 13.2 Å². The van der Waals surface area contributed by atoms with Crippen molar-refractivity contribution in [2.24, 2.45) is 5.41 Å². The molecule has 1 aromatic rings. The van der Waals surface area contributed by atoms with Gasteiger partial charge in [-0.15, -0.1) is 0 Å². The van der Waals surface area contributed by atoms with E-state index in [9.17, 15) is 14.7 Å². The van der Waals surface area contributed by atoms with Crippen LogP contribution in [-0.2, 0) is 20.9 Å². The first kappa shape index (κ1) is 20.5. The Kier molecular flexibility index (Phi) is 5.26. The first-order valence-electron chi connectivity index (χ1n) is 11.3. The molecule has 7 nitrogen and oxygen atoms in total. The number of hydrogen-bond donors (Lipinski definition) is 1. The Morgan fingerprint density at radius 1 is 1.03 bits per heavy atom. The van der Waals surface area contributed by atoms with Gasteiger partial charge in [-0.25, -0.2) is 9.59 Å². The zero-order valence-electron chi connectivity index (χ0n) is 18.1. The molecule has 0 bridgehead atoms. The zero-order valence-corrected chi connectivity index (χ0v) is 18.1. The van der Waals surface area contributed by atoms with Crippen molar-refractivity contribution in [2.75, 3.05) is 39.3 Å². The summed E-state index contributed by atoms with van der Waals surface area (Å²) in [5.74, 6) is -0.491. The average molecular weight is 427 g/mol. The van der Waals surface area contributed by atoms with Crippen molar-refractivity contribution in [3.05, 3.63) is 46.2 Å². The van der Waals surface area contributed by atoms with Crippen LogP contribution in [0.25, 0.3) is 0 Å². The van der Waals surface area contributed by atoms with E-state index < -0.39 is 6.10 Å². The molecule has 1 N–H and O–H groups in total. The highest BCUT2D eigenvalue weighted by Crippen LogP contribution is 2.42. The lowest BCUT2D eigenvalue weighted by Gasteiger charge is -2.47. The SMILES string of the molecule is Cc1c([C@H](O)CN2CCC3(CC2)CCN(C2=CC(=O)OC2)CC3)ccc2c1COC2=O. The smallest absolute Gasteiger partial charge is 0.338 e. The summed E-state index contributed by atoms with van der Waals surface area (Å²) in [6, 6.07) is 3.66. The second-order valence-corrected chi connectivity index (χ2v) is 9.43. The molecule has 0 saturated carbocycles. The van der Waals surface area contributed by atoms with Crippen molar-refractivity contribution in [3.8, 4) is 0 Å². The molecule has 5 rings (SSSR count). The number of likely N-dealkylation sites (tertiary alicyclic amines) is 2. The van der Waals surface area contributed by atoms with Crippen LogP contribution in [0.5, 0.6) is 0 Å². The molecule has 2 fully saturated rings. The number of carbonyl (C=O) groups is 2. The van der Waals surface area contributed by atoms with E-state index in [2.05, 4.69) is 9.80 Å². The molecular formula is C24H30N2O5. The van der Waals surface area contributed by atoms with Crippen LogP contribution in [0.1, 0.15) is 58.8 Å². The van der Waals surface area contributed by atoms with Gasteiger partial charge in [0.25, 0.3) is 0 Å². The maximum atomic E-state index is 11.8. The summed E-state index contributed by atoms with van der Waals surface area (Å²) in [7, 11) is 0. The summed E-state index contributed by atoms with van der Waals surface area (Å²) in [5, 5.41) is 10.9. The molecule has 1 spiro atoms. The fourth-order valence-electron chi connectivity index (χ4n) is 5.60. The molecular weight excluding hydrogens is 396 g/mol. The third kappa shape index (κ3) is 3.85. The second kappa shape index (κ2) is 7.95. The van der Waals surface area contributed by atoms with Crippen molar-refractivity contribution >= 4 is 11.9 Å². The van der Waals surface area contributed by atoms with Crippen molar-refractivity contribution in [1.82, 2.24) is 9.80 Å². The number of aliphatic hydroxyl groups excluding tert-OH is 1. The first-order valence-corrected chi connectivity index (χ1v) is 11.3. The number of cyclic esters (lactones) is 2. The number of β-amino-alcohol motifs (C(OH)–C–C–N with tert-alkyl or cyclic N) is 1. The number of fused-ring (bicyclic) bond motifs is 1. The monoisotopic (exact) mass is 426 g/mol. The van der Waals surface area contributed by atoms with Gasteiger partial charge in [-0.05, 0) is 68.3 Å². The van der Waals surface area contributed by atoms with Crippen LogP contribution in [0.2, 0.25) is 0 Å². The van der Waals surface area contributed by atoms with Crippen LogP contribution in [0.4, 0.5) is 0 Å². The van der Waals surface area contributed by atoms with Crippen molar-refractivity contribution < 1.29 is 24.2 Å². The summed E-state index contributed by atoms with van der Waals surface area (Å²) in [5.41, 5.74) is 4.81. The van der Waals surface area contributed by atoms with E-state index >= 15 is 0 Å². The fourth-order valence-corrected chi connectivity index (χ4v) is 5.60. The number of ether oxygens (including phenoxy) is 2. The van der Waals surface area contributed by atoms with E-state index in [1.165, 1.54) is 0 Å². The summed E-state index contributed by atoms with van der Waals surface area (Å²) < 4.78 is 10.2. The largest absolute Gasteiger partial charge is 0.457 e. The number of benzene rings is 1. The summed E-state index contributed by atoms with van der Waals surface area (Å²) in [4.78, 5) is 27.8. The Labute approximate surface area is 182 Å². The van der Waals surface area contributed by atoms with Gasteiger partial charge < -0.3 is 24.4 Å². The lowest BCUT2D eigenvalue weighted by molar-refractivity contribution is -0.135. The normalized spacial score (nSPS) is 24.1. The molecule has 0 aliphatic carbocycles. The van der Waals surface area contributed by atoms with E-state index in [0.29, 0.717) is 30.7 Å². The minimum absolute atomic E-state index is 0.222. The first-order chi connectivity index (χ1) is 14.9. The number of aliphatic hydroxyl groups is 1.